The van der Waals surface area contributed by atoms with E-state index in [0.29, 0.717) is 12.1 Å². The first-order chi connectivity index (χ1) is 8.12. The first kappa shape index (κ1) is 13.4. The number of ether oxygens (including phenoxy) is 1. The van der Waals surface area contributed by atoms with E-state index in [0.717, 1.165) is 12.1 Å². The third-order valence-corrected chi connectivity index (χ3v) is 3.09. The predicted molar refractivity (Wildman–Crippen MR) is 62.0 cm³/mol. The molecular formula is C13H16F3NO. The number of alkyl halides is 3. The van der Waals surface area contributed by atoms with E-state index >= 15 is 0 Å². The molecule has 18 heavy (non-hydrogen) atoms. The van der Waals surface area contributed by atoms with Crippen molar-refractivity contribution in [3.05, 3.63) is 35.4 Å². The van der Waals surface area contributed by atoms with Gasteiger partial charge < -0.3 is 4.74 Å². The molecule has 1 aliphatic heterocycles. The molecule has 1 atom stereocenters. The highest BCUT2D eigenvalue weighted by Crippen LogP contribution is 2.35. The summed E-state index contributed by atoms with van der Waals surface area (Å²) in [4.78, 5) is 0. The number of rotatable bonds is 1. The van der Waals surface area contributed by atoms with Crippen molar-refractivity contribution < 1.29 is 17.9 Å². The maximum Gasteiger partial charge on any atom is 0.416 e. The second-order valence-electron chi connectivity index (χ2n) is 5.32. The second-order valence-corrected chi connectivity index (χ2v) is 5.32. The van der Waals surface area contributed by atoms with Crippen LogP contribution in [0, 0.1) is 0 Å². The molecule has 0 aromatic heterocycles. The molecule has 0 aliphatic carbocycles. The van der Waals surface area contributed by atoms with Crippen molar-refractivity contribution in [1.29, 1.82) is 0 Å². The van der Waals surface area contributed by atoms with Gasteiger partial charge in [0, 0.05) is 6.54 Å². The molecule has 5 heteroatoms. The molecular weight excluding hydrogens is 243 g/mol. The first-order valence-electron chi connectivity index (χ1n) is 5.75. The van der Waals surface area contributed by atoms with Gasteiger partial charge in [0.1, 0.15) is 5.72 Å². The molecule has 0 saturated carbocycles. The lowest BCUT2D eigenvalue weighted by Crippen LogP contribution is -2.34. The predicted octanol–water partition coefficient (Wildman–Crippen LogP) is 3.28. The Morgan fingerprint density at radius 3 is 2.06 bits per heavy atom. The van der Waals surface area contributed by atoms with Crippen LogP contribution in [0.25, 0.3) is 0 Å². The normalized spacial score (nSPS) is 27.4. The number of halogens is 3. The zero-order valence-electron chi connectivity index (χ0n) is 10.6. The van der Waals surface area contributed by atoms with E-state index in [1.807, 2.05) is 20.8 Å². The summed E-state index contributed by atoms with van der Waals surface area (Å²) in [7, 11) is 0. The standard InChI is InChI=1S/C13H16F3NO/c1-11(2)8-17-12(3,18-11)9-4-6-10(7-5-9)13(14,15)16/h4-7,17H,8H2,1-3H3. The van der Waals surface area contributed by atoms with Crippen LogP contribution in [0.3, 0.4) is 0 Å². The summed E-state index contributed by atoms with van der Waals surface area (Å²) in [5.41, 5.74) is -1.00. The lowest BCUT2D eigenvalue weighted by Gasteiger charge is -2.27. The van der Waals surface area contributed by atoms with Gasteiger partial charge in [0.05, 0.1) is 11.2 Å². The summed E-state index contributed by atoms with van der Waals surface area (Å²) < 4.78 is 43.3. The molecule has 1 saturated heterocycles. The zero-order valence-corrected chi connectivity index (χ0v) is 10.6. The summed E-state index contributed by atoms with van der Waals surface area (Å²) in [5.74, 6) is 0. The van der Waals surface area contributed by atoms with Gasteiger partial charge in [0.2, 0.25) is 0 Å². The van der Waals surface area contributed by atoms with Gasteiger partial charge in [-0.1, -0.05) is 12.1 Å². The SMILES string of the molecule is CC1(C)CNC(C)(c2ccc(C(F)(F)F)cc2)O1. The second kappa shape index (κ2) is 3.96. The van der Waals surface area contributed by atoms with Gasteiger partial charge in [0.25, 0.3) is 0 Å². The van der Waals surface area contributed by atoms with Crippen LogP contribution in [0.15, 0.2) is 24.3 Å². The molecule has 0 bridgehead atoms. The maximum absolute atomic E-state index is 12.5. The van der Waals surface area contributed by atoms with Crippen molar-refractivity contribution in [3.8, 4) is 0 Å². The molecule has 1 heterocycles. The Labute approximate surface area is 104 Å². The molecule has 0 amide bonds. The number of benzene rings is 1. The Morgan fingerprint density at radius 2 is 1.67 bits per heavy atom. The summed E-state index contributed by atoms with van der Waals surface area (Å²) in [6, 6.07) is 5.07. The van der Waals surface area contributed by atoms with Crippen molar-refractivity contribution >= 4 is 0 Å². The van der Waals surface area contributed by atoms with Crippen LogP contribution in [0.1, 0.15) is 31.9 Å². The maximum atomic E-state index is 12.5. The third-order valence-electron chi connectivity index (χ3n) is 3.09. The van der Waals surface area contributed by atoms with Crippen molar-refractivity contribution in [2.24, 2.45) is 0 Å². The quantitative estimate of drug-likeness (QED) is 0.835. The van der Waals surface area contributed by atoms with Gasteiger partial charge in [-0.2, -0.15) is 13.2 Å². The lowest BCUT2D eigenvalue weighted by molar-refractivity contribution is -0.137. The minimum atomic E-state index is -4.30. The van der Waals surface area contributed by atoms with E-state index in [1.54, 1.807) is 0 Å². The monoisotopic (exact) mass is 259 g/mol. The molecule has 1 unspecified atom stereocenters. The van der Waals surface area contributed by atoms with Gasteiger partial charge in [-0.05, 0) is 38.5 Å². The fourth-order valence-corrected chi connectivity index (χ4v) is 2.14. The number of hydrogen-bond donors (Lipinski definition) is 1. The van der Waals surface area contributed by atoms with E-state index in [1.165, 1.54) is 12.1 Å². The Hall–Kier alpha value is -1.07. The smallest absolute Gasteiger partial charge is 0.349 e. The minimum Gasteiger partial charge on any atom is -0.349 e. The van der Waals surface area contributed by atoms with Gasteiger partial charge in [0.15, 0.2) is 0 Å². The Kier molecular flexibility index (Phi) is 2.94. The molecule has 100 valence electrons. The highest BCUT2D eigenvalue weighted by atomic mass is 19.4. The van der Waals surface area contributed by atoms with Gasteiger partial charge in [-0.3, -0.25) is 5.32 Å². The largest absolute Gasteiger partial charge is 0.416 e. The van der Waals surface area contributed by atoms with Crippen LogP contribution in [-0.4, -0.2) is 12.1 Å². The molecule has 1 fully saturated rings. The van der Waals surface area contributed by atoms with Crippen LogP contribution in [-0.2, 0) is 16.6 Å². The average Bonchev–Trinajstić information content (AvgIpc) is 2.53. The topological polar surface area (TPSA) is 21.3 Å². The number of hydrogen-bond acceptors (Lipinski definition) is 2. The molecule has 1 N–H and O–H groups in total. The summed E-state index contributed by atoms with van der Waals surface area (Å²) in [5, 5.41) is 3.19. The summed E-state index contributed by atoms with van der Waals surface area (Å²) in [6.07, 6.45) is -4.30. The molecule has 0 spiro atoms. The summed E-state index contributed by atoms with van der Waals surface area (Å²) >= 11 is 0. The summed E-state index contributed by atoms with van der Waals surface area (Å²) in [6.45, 7) is 6.36. The van der Waals surface area contributed by atoms with Crippen molar-refractivity contribution in [3.63, 3.8) is 0 Å². The van der Waals surface area contributed by atoms with Crippen molar-refractivity contribution in [2.75, 3.05) is 6.54 Å². The van der Waals surface area contributed by atoms with E-state index in [2.05, 4.69) is 5.32 Å². The molecule has 1 aliphatic rings. The van der Waals surface area contributed by atoms with E-state index in [4.69, 9.17) is 4.74 Å². The highest BCUT2D eigenvalue weighted by molar-refractivity contribution is 5.29. The van der Waals surface area contributed by atoms with Crippen LogP contribution in [0.2, 0.25) is 0 Å². The third kappa shape index (κ3) is 2.52. The highest BCUT2D eigenvalue weighted by Gasteiger charge is 2.41. The molecule has 1 aromatic rings. The van der Waals surface area contributed by atoms with E-state index in [-0.39, 0.29) is 5.60 Å². The molecule has 2 rings (SSSR count). The number of nitrogens with one attached hydrogen (secondary N) is 1. The minimum absolute atomic E-state index is 0.322. The van der Waals surface area contributed by atoms with Crippen LogP contribution in [0.5, 0.6) is 0 Å². The Balaban J connectivity index is 2.26. The van der Waals surface area contributed by atoms with Crippen LogP contribution >= 0.6 is 0 Å². The van der Waals surface area contributed by atoms with Gasteiger partial charge in [-0.15, -0.1) is 0 Å². The van der Waals surface area contributed by atoms with Crippen LogP contribution in [0.4, 0.5) is 13.2 Å². The average molecular weight is 259 g/mol. The fraction of sp³-hybridized carbons (Fsp3) is 0.538. The first-order valence-corrected chi connectivity index (χ1v) is 5.75. The molecule has 0 radical (unpaired) electrons. The van der Waals surface area contributed by atoms with E-state index in [9.17, 15) is 13.2 Å². The zero-order chi connectivity index (χ0) is 13.6. The van der Waals surface area contributed by atoms with Gasteiger partial charge in [-0.25, -0.2) is 0 Å². The van der Waals surface area contributed by atoms with Crippen LogP contribution < -0.4 is 5.32 Å². The lowest BCUT2D eigenvalue weighted by atomic mass is 10.0. The Morgan fingerprint density at radius 1 is 1.11 bits per heavy atom. The molecule has 2 nitrogen and oxygen atoms in total. The molecule has 1 aromatic carbocycles. The van der Waals surface area contributed by atoms with Crippen molar-refractivity contribution in [1.82, 2.24) is 5.32 Å². The fourth-order valence-electron chi connectivity index (χ4n) is 2.14. The van der Waals surface area contributed by atoms with Crippen molar-refractivity contribution in [2.45, 2.75) is 38.3 Å². The Bertz CT molecular complexity index is 439. The van der Waals surface area contributed by atoms with E-state index < -0.39 is 17.5 Å². The van der Waals surface area contributed by atoms with Gasteiger partial charge >= 0.3 is 6.18 Å².